The summed E-state index contributed by atoms with van der Waals surface area (Å²) >= 11 is 0. The van der Waals surface area contributed by atoms with Gasteiger partial charge in [-0.2, -0.15) is 28.2 Å². The average molecular weight is 440 g/mol. The van der Waals surface area contributed by atoms with E-state index in [1.54, 1.807) is 0 Å². The molecule has 7 nitrogen and oxygen atoms in total. The van der Waals surface area contributed by atoms with E-state index >= 15 is 0 Å². The van der Waals surface area contributed by atoms with Crippen molar-refractivity contribution in [1.29, 1.82) is 5.26 Å². The number of aromatic nitrogens is 3. The van der Waals surface area contributed by atoms with Crippen molar-refractivity contribution in [2.45, 2.75) is 36.8 Å². The number of hydrogen-bond donors (Lipinski definition) is 0. The maximum Gasteiger partial charge on any atom is 0.436 e. The van der Waals surface area contributed by atoms with Crippen LogP contribution in [0.2, 0.25) is 0 Å². The first-order valence-corrected chi connectivity index (χ1v) is 11.0. The summed E-state index contributed by atoms with van der Waals surface area (Å²) in [6.45, 7) is 4.04. The summed E-state index contributed by atoms with van der Waals surface area (Å²) in [6, 6.07) is 3.93. The number of nitrogens with zero attached hydrogens (tertiary/aromatic N) is 4. The van der Waals surface area contributed by atoms with E-state index in [0.29, 0.717) is 6.42 Å². The summed E-state index contributed by atoms with van der Waals surface area (Å²) in [5, 5.41) is 12.9. The van der Waals surface area contributed by atoms with E-state index in [9.17, 15) is 26.9 Å². The van der Waals surface area contributed by atoms with Gasteiger partial charge in [0, 0.05) is 12.5 Å². The lowest BCUT2D eigenvalue weighted by Gasteiger charge is -2.23. The standard InChI is InChI=1S/C19H19F3N4O3S/c1-12-4-3-5-13(8-12)11-29-18-15(9-23)17(19(20,21)22)25-26(18)16-7-6-14(10-24-16)30(2,27)28/h6-7,10,13H,1,3-5,8,11H2,2H3. The van der Waals surface area contributed by atoms with E-state index in [-0.39, 0.29) is 29.1 Å². The summed E-state index contributed by atoms with van der Waals surface area (Å²) in [7, 11) is -3.54. The number of sulfone groups is 1. The Bertz CT molecular complexity index is 1100. The van der Waals surface area contributed by atoms with Gasteiger partial charge < -0.3 is 4.74 Å². The van der Waals surface area contributed by atoms with Gasteiger partial charge >= 0.3 is 6.18 Å². The summed E-state index contributed by atoms with van der Waals surface area (Å²) < 4.78 is 69.9. The Morgan fingerprint density at radius 1 is 1.40 bits per heavy atom. The van der Waals surface area contributed by atoms with E-state index in [2.05, 4.69) is 16.7 Å². The largest absolute Gasteiger partial charge is 0.476 e. The molecule has 30 heavy (non-hydrogen) atoms. The second-order valence-corrected chi connectivity index (χ2v) is 9.21. The van der Waals surface area contributed by atoms with Gasteiger partial charge in [-0.05, 0) is 43.7 Å². The zero-order valence-corrected chi connectivity index (χ0v) is 16.9. The number of halogens is 3. The molecule has 0 aliphatic heterocycles. The lowest BCUT2D eigenvalue weighted by atomic mass is 9.87. The number of ether oxygens (including phenoxy) is 1. The van der Waals surface area contributed by atoms with Crippen LogP contribution in [0.15, 0.2) is 35.4 Å². The number of nitriles is 1. The fourth-order valence-electron chi connectivity index (χ4n) is 3.30. The molecule has 0 radical (unpaired) electrons. The maximum absolute atomic E-state index is 13.4. The normalized spacial score (nSPS) is 17.6. The fourth-order valence-corrected chi connectivity index (χ4v) is 3.86. The van der Waals surface area contributed by atoms with Crippen LogP contribution in [0.25, 0.3) is 5.82 Å². The number of allylic oxidation sites excluding steroid dienone is 1. The number of alkyl halides is 3. The van der Waals surface area contributed by atoms with Crippen molar-refractivity contribution in [3.8, 4) is 17.8 Å². The SMILES string of the molecule is C=C1CCCC(COc2c(C#N)c(C(F)(F)F)nn2-c2ccc(S(C)(=O)=O)cn2)C1. The Morgan fingerprint density at radius 3 is 2.67 bits per heavy atom. The third-order valence-electron chi connectivity index (χ3n) is 4.77. The first-order valence-electron chi connectivity index (χ1n) is 9.07. The molecule has 11 heteroatoms. The van der Waals surface area contributed by atoms with Crippen molar-refractivity contribution >= 4 is 9.84 Å². The monoisotopic (exact) mass is 440 g/mol. The van der Waals surface area contributed by atoms with Crippen molar-refractivity contribution < 1.29 is 26.3 Å². The topological polar surface area (TPSA) is 97.9 Å². The van der Waals surface area contributed by atoms with Crippen molar-refractivity contribution in [2.24, 2.45) is 5.92 Å². The van der Waals surface area contributed by atoms with Gasteiger partial charge in [0.1, 0.15) is 11.6 Å². The van der Waals surface area contributed by atoms with E-state index in [1.807, 2.05) is 0 Å². The molecule has 1 fully saturated rings. The molecule has 1 aliphatic carbocycles. The van der Waals surface area contributed by atoms with Crippen LogP contribution in [0.1, 0.15) is 36.9 Å². The molecule has 1 saturated carbocycles. The molecular formula is C19H19F3N4O3S. The van der Waals surface area contributed by atoms with E-state index in [0.717, 1.165) is 42.0 Å². The zero-order valence-electron chi connectivity index (χ0n) is 16.1. The quantitative estimate of drug-likeness (QED) is 0.658. The summed E-state index contributed by atoms with van der Waals surface area (Å²) in [4.78, 5) is 3.81. The molecule has 3 rings (SSSR count). The fraction of sp³-hybridized carbons (Fsp3) is 0.421. The molecule has 0 amide bonds. The molecule has 0 aromatic carbocycles. The summed E-state index contributed by atoms with van der Waals surface area (Å²) in [5.41, 5.74) is -1.08. The number of rotatable bonds is 5. The molecule has 0 saturated heterocycles. The predicted molar refractivity (Wildman–Crippen MR) is 101 cm³/mol. The summed E-state index contributed by atoms with van der Waals surface area (Å²) in [5.74, 6) is -0.408. The minimum atomic E-state index is -4.87. The van der Waals surface area contributed by atoms with Gasteiger partial charge in [0.25, 0.3) is 0 Å². The van der Waals surface area contributed by atoms with Crippen molar-refractivity contribution in [2.75, 3.05) is 12.9 Å². The lowest BCUT2D eigenvalue weighted by molar-refractivity contribution is -0.141. The Kier molecular flexibility index (Phi) is 5.90. The molecule has 0 N–H and O–H groups in total. The van der Waals surface area contributed by atoms with E-state index in [4.69, 9.17) is 4.74 Å². The maximum atomic E-state index is 13.4. The van der Waals surface area contributed by atoms with Crippen LogP contribution in [-0.2, 0) is 16.0 Å². The zero-order chi connectivity index (χ0) is 22.1. The smallest absolute Gasteiger partial charge is 0.436 e. The van der Waals surface area contributed by atoms with Crippen LogP contribution in [0.3, 0.4) is 0 Å². The van der Waals surface area contributed by atoms with Crippen LogP contribution in [0, 0.1) is 17.2 Å². The van der Waals surface area contributed by atoms with Gasteiger partial charge in [0.15, 0.2) is 21.3 Å². The third-order valence-corrected chi connectivity index (χ3v) is 5.86. The highest BCUT2D eigenvalue weighted by atomic mass is 32.2. The molecule has 160 valence electrons. The Hall–Kier alpha value is -2.87. The molecule has 2 heterocycles. The summed E-state index contributed by atoms with van der Waals surface area (Å²) in [6.07, 6.45) is 0.485. The highest BCUT2D eigenvalue weighted by molar-refractivity contribution is 7.90. The van der Waals surface area contributed by atoms with Crippen LogP contribution in [-0.4, -0.2) is 36.0 Å². The first-order chi connectivity index (χ1) is 14.0. The first kappa shape index (κ1) is 21.8. The molecule has 2 aromatic heterocycles. The molecule has 0 bridgehead atoms. The molecule has 1 unspecified atom stereocenters. The number of pyridine rings is 1. The van der Waals surface area contributed by atoms with Crippen LogP contribution in [0.4, 0.5) is 13.2 Å². The lowest BCUT2D eigenvalue weighted by Crippen LogP contribution is -2.18. The van der Waals surface area contributed by atoms with Crippen molar-refractivity contribution in [3.63, 3.8) is 0 Å². The third kappa shape index (κ3) is 4.64. The van der Waals surface area contributed by atoms with E-state index < -0.39 is 27.3 Å². The Balaban J connectivity index is 2.02. The van der Waals surface area contributed by atoms with Gasteiger partial charge in [-0.15, -0.1) is 0 Å². The van der Waals surface area contributed by atoms with Gasteiger partial charge in [-0.25, -0.2) is 13.4 Å². The second-order valence-electron chi connectivity index (χ2n) is 7.20. The van der Waals surface area contributed by atoms with Crippen LogP contribution in [0.5, 0.6) is 5.88 Å². The molecule has 1 atom stereocenters. The highest BCUT2D eigenvalue weighted by Crippen LogP contribution is 2.37. The molecule has 0 spiro atoms. The molecule has 2 aromatic rings. The van der Waals surface area contributed by atoms with Crippen molar-refractivity contribution in [1.82, 2.24) is 14.8 Å². The highest BCUT2D eigenvalue weighted by Gasteiger charge is 2.41. The second kappa shape index (κ2) is 8.10. The van der Waals surface area contributed by atoms with Gasteiger partial charge in [-0.3, -0.25) is 0 Å². The average Bonchev–Trinajstić information content (AvgIpc) is 3.05. The van der Waals surface area contributed by atoms with Gasteiger partial charge in [0.2, 0.25) is 5.88 Å². The number of hydrogen-bond acceptors (Lipinski definition) is 6. The van der Waals surface area contributed by atoms with Crippen LogP contribution >= 0.6 is 0 Å². The Morgan fingerprint density at radius 2 is 2.13 bits per heavy atom. The predicted octanol–water partition coefficient (Wildman–Crippen LogP) is 3.69. The van der Waals surface area contributed by atoms with Gasteiger partial charge in [0.05, 0.1) is 11.5 Å². The van der Waals surface area contributed by atoms with E-state index in [1.165, 1.54) is 18.2 Å². The Labute approximate surface area is 171 Å². The minimum absolute atomic E-state index is 0.0658. The van der Waals surface area contributed by atoms with Crippen LogP contribution < -0.4 is 4.74 Å². The minimum Gasteiger partial charge on any atom is -0.476 e. The molecule has 1 aliphatic rings. The molecular weight excluding hydrogens is 421 g/mol. The van der Waals surface area contributed by atoms with Crippen molar-refractivity contribution in [3.05, 3.63) is 41.7 Å². The van der Waals surface area contributed by atoms with Gasteiger partial charge in [-0.1, -0.05) is 12.2 Å².